The third kappa shape index (κ3) is 3.16. The highest BCUT2D eigenvalue weighted by Gasteiger charge is 2.11. The fourth-order valence-electron chi connectivity index (χ4n) is 0.963. The summed E-state index contributed by atoms with van der Waals surface area (Å²) in [6.45, 7) is -0.405. The number of aliphatic hydroxyl groups is 1. The Morgan fingerprint density at radius 2 is 2.07 bits per heavy atom. The Bertz CT molecular complexity index is 348. The van der Waals surface area contributed by atoms with Crippen LogP contribution < -0.4 is 11.1 Å². The number of rotatable bonds is 4. The number of aldehydes is 1. The first-order valence-electron chi connectivity index (χ1n) is 4.40. The predicted octanol–water partition coefficient (Wildman–Crippen LogP) is -0.243. The molecule has 0 aliphatic heterocycles. The summed E-state index contributed by atoms with van der Waals surface area (Å²) in [5.74, 6) is -0.462. The van der Waals surface area contributed by atoms with Gasteiger partial charge in [0.05, 0.1) is 6.61 Å². The fourth-order valence-corrected chi connectivity index (χ4v) is 0.963. The molecule has 0 saturated heterocycles. The second kappa shape index (κ2) is 5.23. The maximum atomic E-state index is 11.2. The molecule has 5 nitrogen and oxygen atoms in total. The zero-order valence-electron chi connectivity index (χ0n) is 8.01. The van der Waals surface area contributed by atoms with Gasteiger partial charge in [0.25, 0.3) is 0 Å². The van der Waals surface area contributed by atoms with E-state index in [1.807, 2.05) is 0 Å². The Hall–Kier alpha value is -1.72. The maximum Gasteiger partial charge on any atom is 0.243 e. The molecule has 1 atom stereocenters. The summed E-state index contributed by atoms with van der Waals surface area (Å²) in [6.07, 6.45) is 0.713. The fraction of sp³-hybridized carbons (Fsp3) is 0.200. The molecule has 0 heterocycles. The van der Waals surface area contributed by atoms with E-state index < -0.39 is 18.6 Å². The van der Waals surface area contributed by atoms with Crippen LogP contribution in [0.3, 0.4) is 0 Å². The van der Waals surface area contributed by atoms with Crippen LogP contribution in [-0.2, 0) is 4.79 Å². The van der Waals surface area contributed by atoms with Gasteiger partial charge in [-0.05, 0) is 24.3 Å². The molecule has 15 heavy (non-hydrogen) atoms. The zero-order valence-corrected chi connectivity index (χ0v) is 8.01. The zero-order chi connectivity index (χ0) is 11.3. The first-order chi connectivity index (χ1) is 7.17. The van der Waals surface area contributed by atoms with Crippen molar-refractivity contribution in [1.29, 1.82) is 0 Å². The number of nitrogens with one attached hydrogen (secondary N) is 1. The van der Waals surface area contributed by atoms with Crippen LogP contribution in [-0.4, -0.2) is 29.9 Å². The summed E-state index contributed by atoms with van der Waals surface area (Å²) >= 11 is 0. The summed E-state index contributed by atoms with van der Waals surface area (Å²) in [7, 11) is 0. The van der Waals surface area contributed by atoms with Gasteiger partial charge in [-0.3, -0.25) is 9.59 Å². The lowest BCUT2D eigenvalue weighted by Gasteiger charge is -2.09. The summed E-state index contributed by atoms with van der Waals surface area (Å²) in [5, 5.41) is 11.1. The van der Waals surface area contributed by atoms with Gasteiger partial charge in [-0.1, -0.05) is 0 Å². The number of anilines is 1. The highest BCUT2D eigenvalue weighted by molar-refractivity contribution is 5.95. The number of hydrogen-bond acceptors (Lipinski definition) is 4. The van der Waals surface area contributed by atoms with Crippen LogP contribution in [0.2, 0.25) is 0 Å². The molecule has 1 unspecified atom stereocenters. The van der Waals surface area contributed by atoms with Crippen LogP contribution in [0.1, 0.15) is 10.4 Å². The normalized spacial score (nSPS) is 11.9. The minimum absolute atomic E-state index is 0.405. The Kier molecular flexibility index (Phi) is 3.96. The molecule has 0 spiro atoms. The van der Waals surface area contributed by atoms with E-state index in [2.05, 4.69) is 5.32 Å². The lowest BCUT2D eigenvalue weighted by Crippen LogP contribution is -2.38. The second-order valence-electron chi connectivity index (χ2n) is 3.02. The van der Waals surface area contributed by atoms with Gasteiger partial charge in [0.1, 0.15) is 12.3 Å². The predicted molar refractivity (Wildman–Crippen MR) is 55.5 cm³/mol. The molecule has 0 aliphatic carbocycles. The van der Waals surface area contributed by atoms with Gasteiger partial charge in [-0.2, -0.15) is 0 Å². The van der Waals surface area contributed by atoms with Crippen molar-refractivity contribution in [3.05, 3.63) is 29.8 Å². The van der Waals surface area contributed by atoms with Crippen LogP contribution >= 0.6 is 0 Å². The quantitative estimate of drug-likeness (QED) is 0.595. The number of nitrogens with two attached hydrogens (primary N) is 1. The molecule has 1 aromatic carbocycles. The monoisotopic (exact) mass is 208 g/mol. The van der Waals surface area contributed by atoms with Crippen LogP contribution in [0.15, 0.2) is 24.3 Å². The van der Waals surface area contributed by atoms with Gasteiger partial charge < -0.3 is 16.2 Å². The van der Waals surface area contributed by atoms with Crippen molar-refractivity contribution in [1.82, 2.24) is 0 Å². The Morgan fingerprint density at radius 1 is 1.47 bits per heavy atom. The van der Waals surface area contributed by atoms with Crippen molar-refractivity contribution >= 4 is 17.9 Å². The number of carbonyl (C=O) groups excluding carboxylic acids is 2. The minimum atomic E-state index is -0.934. The summed E-state index contributed by atoms with van der Waals surface area (Å²) in [6, 6.07) is 5.40. The van der Waals surface area contributed by atoms with Crippen LogP contribution in [0.5, 0.6) is 0 Å². The summed E-state index contributed by atoms with van der Waals surface area (Å²) < 4.78 is 0. The van der Waals surface area contributed by atoms with E-state index in [1.165, 1.54) is 0 Å². The number of benzene rings is 1. The van der Waals surface area contributed by atoms with E-state index in [-0.39, 0.29) is 0 Å². The molecule has 0 radical (unpaired) electrons. The van der Waals surface area contributed by atoms with E-state index in [0.29, 0.717) is 17.5 Å². The third-order valence-electron chi connectivity index (χ3n) is 1.85. The average molecular weight is 208 g/mol. The van der Waals surface area contributed by atoms with E-state index >= 15 is 0 Å². The summed E-state index contributed by atoms with van der Waals surface area (Å²) in [5.41, 5.74) is 6.37. The van der Waals surface area contributed by atoms with Crippen LogP contribution in [0.25, 0.3) is 0 Å². The molecule has 1 rings (SSSR count). The average Bonchev–Trinajstić information content (AvgIpc) is 2.29. The second-order valence-corrected chi connectivity index (χ2v) is 3.02. The van der Waals surface area contributed by atoms with Crippen molar-refractivity contribution in [2.24, 2.45) is 5.73 Å². The molecule has 1 amide bonds. The van der Waals surface area contributed by atoms with Gasteiger partial charge in [-0.25, -0.2) is 0 Å². The minimum Gasteiger partial charge on any atom is -0.394 e. The van der Waals surface area contributed by atoms with Gasteiger partial charge in [0, 0.05) is 11.3 Å². The smallest absolute Gasteiger partial charge is 0.243 e. The van der Waals surface area contributed by atoms with E-state index in [9.17, 15) is 9.59 Å². The third-order valence-corrected chi connectivity index (χ3v) is 1.85. The molecule has 0 aromatic heterocycles. The topological polar surface area (TPSA) is 92.4 Å². The Morgan fingerprint density at radius 3 is 2.53 bits per heavy atom. The largest absolute Gasteiger partial charge is 0.394 e. The van der Waals surface area contributed by atoms with Crippen molar-refractivity contribution in [3.8, 4) is 0 Å². The molecular formula is C10H12N2O3. The van der Waals surface area contributed by atoms with Crippen molar-refractivity contribution in [2.75, 3.05) is 11.9 Å². The molecule has 0 aliphatic rings. The van der Waals surface area contributed by atoms with Gasteiger partial charge in [0.15, 0.2) is 0 Å². The molecule has 0 bridgehead atoms. The van der Waals surface area contributed by atoms with E-state index in [0.717, 1.165) is 0 Å². The Balaban J connectivity index is 2.65. The van der Waals surface area contributed by atoms with Gasteiger partial charge in [-0.15, -0.1) is 0 Å². The van der Waals surface area contributed by atoms with Crippen LogP contribution in [0, 0.1) is 0 Å². The highest BCUT2D eigenvalue weighted by atomic mass is 16.3. The lowest BCUT2D eigenvalue weighted by molar-refractivity contribution is -0.118. The first-order valence-corrected chi connectivity index (χ1v) is 4.40. The molecule has 0 saturated carbocycles. The molecule has 0 fully saturated rings. The van der Waals surface area contributed by atoms with Crippen molar-refractivity contribution in [3.63, 3.8) is 0 Å². The first kappa shape index (κ1) is 11.4. The molecular weight excluding hydrogens is 196 g/mol. The number of amides is 1. The van der Waals surface area contributed by atoms with E-state index in [1.54, 1.807) is 24.3 Å². The van der Waals surface area contributed by atoms with Crippen LogP contribution in [0.4, 0.5) is 5.69 Å². The number of carbonyl (C=O) groups is 2. The number of hydrogen-bond donors (Lipinski definition) is 3. The molecule has 80 valence electrons. The maximum absolute atomic E-state index is 11.2. The SMILES string of the molecule is NC(CO)C(=O)Nc1ccc(C=O)cc1. The van der Waals surface area contributed by atoms with Gasteiger partial charge in [0.2, 0.25) is 5.91 Å². The molecule has 5 heteroatoms. The van der Waals surface area contributed by atoms with Crippen molar-refractivity contribution < 1.29 is 14.7 Å². The molecule has 4 N–H and O–H groups in total. The highest BCUT2D eigenvalue weighted by Crippen LogP contribution is 2.08. The Labute approximate surface area is 86.9 Å². The number of aliphatic hydroxyl groups excluding tert-OH is 1. The standard InChI is InChI=1S/C10H12N2O3/c11-9(6-14)10(15)12-8-3-1-7(5-13)2-4-8/h1-5,9,14H,6,11H2,(H,12,15). The summed E-state index contributed by atoms with van der Waals surface area (Å²) in [4.78, 5) is 21.6. The van der Waals surface area contributed by atoms with Crippen molar-refractivity contribution in [2.45, 2.75) is 6.04 Å². The van der Waals surface area contributed by atoms with Gasteiger partial charge >= 0.3 is 0 Å². The molecule has 1 aromatic rings. The van der Waals surface area contributed by atoms with E-state index in [4.69, 9.17) is 10.8 Å². The lowest BCUT2D eigenvalue weighted by atomic mass is 10.2.